The number of amides is 1. The standard InChI is InChI=1S/C30H31NO6/c1-6-37-24-14-10-19(16-21(24)30(3,4)5)27(34)25-26(18-8-11-20(32)12-9-18)31(29(36)28(25)35)22-15-17(2)7-13-23(22)33/h7-16,26,32-34H,6H2,1-5H3/b27-25-. The van der Waals surface area contributed by atoms with E-state index in [2.05, 4.69) is 0 Å². The first-order valence-corrected chi connectivity index (χ1v) is 12.1. The summed E-state index contributed by atoms with van der Waals surface area (Å²) in [4.78, 5) is 28.0. The van der Waals surface area contributed by atoms with E-state index in [0.717, 1.165) is 11.1 Å². The average Bonchev–Trinajstić information content (AvgIpc) is 3.10. The molecule has 1 saturated heterocycles. The van der Waals surface area contributed by atoms with E-state index in [1.807, 2.05) is 34.6 Å². The van der Waals surface area contributed by atoms with Crippen molar-refractivity contribution >= 4 is 23.1 Å². The van der Waals surface area contributed by atoms with Crippen LogP contribution in [-0.4, -0.2) is 33.6 Å². The molecule has 0 saturated carbocycles. The summed E-state index contributed by atoms with van der Waals surface area (Å²) >= 11 is 0. The maximum absolute atomic E-state index is 13.4. The van der Waals surface area contributed by atoms with E-state index in [1.54, 1.807) is 42.5 Å². The van der Waals surface area contributed by atoms with Gasteiger partial charge in [0.2, 0.25) is 0 Å². The maximum Gasteiger partial charge on any atom is 0.300 e. The number of aliphatic hydroxyl groups excluding tert-OH is 1. The monoisotopic (exact) mass is 501 g/mol. The van der Waals surface area contributed by atoms with Crippen molar-refractivity contribution in [3.63, 3.8) is 0 Å². The number of phenols is 2. The second-order valence-electron chi connectivity index (χ2n) is 10.1. The molecule has 37 heavy (non-hydrogen) atoms. The Bertz CT molecular complexity index is 1400. The number of ether oxygens (including phenoxy) is 1. The number of carbonyl (C=O) groups excluding carboxylic acids is 2. The predicted molar refractivity (Wildman–Crippen MR) is 142 cm³/mol. The number of phenolic OH excluding ortho intramolecular Hbond substituents is 2. The van der Waals surface area contributed by atoms with Gasteiger partial charge in [-0.25, -0.2) is 0 Å². The minimum atomic E-state index is -1.03. The van der Waals surface area contributed by atoms with Crippen LogP contribution in [0.2, 0.25) is 0 Å². The van der Waals surface area contributed by atoms with Crippen LogP contribution in [0.25, 0.3) is 5.76 Å². The van der Waals surface area contributed by atoms with Crippen molar-refractivity contribution in [2.45, 2.75) is 46.1 Å². The summed E-state index contributed by atoms with van der Waals surface area (Å²) < 4.78 is 5.78. The molecule has 0 aliphatic carbocycles. The highest BCUT2D eigenvalue weighted by Gasteiger charge is 2.47. The molecule has 4 rings (SSSR count). The molecule has 7 nitrogen and oxygen atoms in total. The van der Waals surface area contributed by atoms with E-state index in [9.17, 15) is 24.9 Å². The molecule has 1 aliphatic rings. The largest absolute Gasteiger partial charge is 0.508 e. The summed E-state index contributed by atoms with van der Waals surface area (Å²) in [5.41, 5.74) is 2.19. The van der Waals surface area contributed by atoms with Gasteiger partial charge < -0.3 is 20.1 Å². The quantitative estimate of drug-likeness (QED) is 0.234. The number of aromatic hydroxyl groups is 2. The molecule has 1 fully saturated rings. The smallest absolute Gasteiger partial charge is 0.300 e. The Labute approximate surface area is 216 Å². The Hall–Kier alpha value is -4.26. The second kappa shape index (κ2) is 9.65. The highest BCUT2D eigenvalue weighted by Crippen LogP contribution is 2.45. The highest BCUT2D eigenvalue weighted by molar-refractivity contribution is 6.52. The topological polar surface area (TPSA) is 107 Å². The second-order valence-corrected chi connectivity index (χ2v) is 10.1. The van der Waals surface area contributed by atoms with Crippen LogP contribution in [0.4, 0.5) is 5.69 Å². The molecular weight excluding hydrogens is 470 g/mol. The summed E-state index contributed by atoms with van der Waals surface area (Å²) in [6, 6.07) is 15.0. The lowest BCUT2D eigenvalue weighted by Gasteiger charge is -2.27. The van der Waals surface area contributed by atoms with Gasteiger partial charge in [-0.2, -0.15) is 0 Å². The molecule has 0 aromatic heterocycles. The van der Waals surface area contributed by atoms with Crippen molar-refractivity contribution in [3.8, 4) is 17.2 Å². The molecule has 1 unspecified atom stereocenters. The third-order valence-electron chi connectivity index (χ3n) is 6.40. The van der Waals surface area contributed by atoms with Gasteiger partial charge in [0.1, 0.15) is 23.0 Å². The van der Waals surface area contributed by atoms with E-state index >= 15 is 0 Å². The molecule has 1 amide bonds. The minimum Gasteiger partial charge on any atom is -0.508 e. The third kappa shape index (κ3) is 4.77. The molecule has 0 spiro atoms. The van der Waals surface area contributed by atoms with Crippen molar-refractivity contribution in [2.24, 2.45) is 0 Å². The van der Waals surface area contributed by atoms with Crippen LogP contribution in [0.15, 0.2) is 66.2 Å². The summed E-state index contributed by atoms with van der Waals surface area (Å²) in [6.07, 6.45) is 0. The van der Waals surface area contributed by atoms with Crippen molar-refractivity contribution < 1.29 is 29.6 Å². The zero-order valence-electron chi connectivity index (χ0n) is 21.6. The number of Topliss-reactive ketones (excluding diaryl/α,β-unsaturated/α-hetero) is 1. The number of hydrogen-bond donors (Lipinski definition) is 3. The normalized spacial score (nSPS) is 17.3. The van der Waals surface area contributed by atoms with Gasteiger partial charge in [0.15, 0.2) is 0 Å². The molecule has 3 N–H and O–H groups in total. The van der Waals surface area contributed by atoms with E-state index in [1.165, 1.54) is 23.1 Å². The SMILES string of the molecule is CCOc1ccc(/C(O)=C2/C(=O)C(=O)N(c3cc(C)ccc3O)C2c2ccc(O)cc2)cc1C(C)(C)C. The average molecular weight is 502 g/mol. The molecule has 3 aromatic carbocycles. The number of carbonyl (C=O) groups is 2. The van der Waals surface area contributed by atoms with Crippen molar-refractivity contribution in [1.29, 1.82) is 0 Å². The lowest BCUT2D eigenvalue weighted by molar-refractivity contribution is -0.132. The highest BCUT2D eigenvalue weighted by atomic mass is 16.5. The van der Waals surface area contributed by atoms with Gasteiger partial charge in [0.25, 0.3) is 11.7 Å². The fourth-order valence-corrected chi connectivity index (χ4v) is 4.58. The molecule has 192 valence electrons. The number of ketones is 1. The molecule has 0 radical (unpaired) electrons. The van der Waals surface area contributed by atoms with Gasteiger partial charge in [-0.15, -0.1) is 0 Å². The lowest BCUT2D eigenvalue weighted by atomic mass is 9.84. The first-order valence-electron chi connectivity index (χ1n) is 12.1. The number of aryl methyl sites for hydroxylation is 1. The number of hydrogen-bond acceptors (Lipinski definition) is 6. The van der Waals surface area contributed by atoms with Crippen LogP contribution in [-0.2, 0) is 15.0 Å². The summed E-state index contributed by atoms with van der Waals surface area (Å²) in [7, 11) is 0. The van der Waals surface area contributed by atoms with Crippen LogP contribution in [0.5, 0.6) is 17.2 Å². The van der Waals surface area contributed by atoms with Gasteiger partial charge in [-0.05, 0) is 72.9 Å². The zero-order valence-corrected chi connectivity index (χ0v) is 21.6. The molecule has 1 heterocycles. The Morgan fingerprint density at radius 1 is 0.973 bits per heavy atom. The van der Waals surface area contributed by atoms with E-state index in [0.29, 0.717) is 23.5 Å². The summed E-state index contributed by atoms with van der Waals surface area (Å²) in [5, 5.41) is 32.0. The first kappa shape index (κ1) is 25.8. The van der Waals surface area contributed by atoms with Crippen molar-refractivity contribution in [3.05, 3.63) is 88.5 Å². The fourth-order valence-electron chi connectivity index (χ4n) is 4.58. The lowest BCUT2D eigenvalue weighted by Crippen LogP contribution is -2.29. The van der Waals surface area contributed by atoms with Crippen LogP contribution >= 0.6 is 0 Å². The molecule has 1 atom stereocenters. The Morgan fingerprint density at radius 3 is 2.27 bits per heavy atom. The van der Waals surface area contributed by atoms with Crippen LogP contribution < -0.4 is 9.64 Å². The maximum atomic E-state index is 13.4. The van der Waals surface area contributed by atoms with Crippen LogP contribution in [0.3, 0.4) is 0 Å². The molecule has 7 heteroatoms. The first-order chi connectivity index (χ1) is 17.4. The van der Waals surface area contributed by atoms with E-state index in [4.69, 9.17) is 4.74 Å². The summed E-state index contributed by atoms with van der Waals surface area (Å²) in [5.74, 6) is -1.57. The Morgan fingerprint density at radius 2 is 1.65 bits per heavy atom. The number of rotatable bonds is 5. The molecular formula is C30H31NO6. The van der Waals surface area contributed by atoms with Gasteiger partial charge in [0.05, 0.1) is 23.9 Å². The van der Waals surface area contributed by atoms with Gasteiger partial charge in [-0.1, -0.05) is 39.0 Å². The van der Waals surface area contributed by atoms with Crippen LogP contribution in [0.1, 0.15) is 56.0 Å². The summed E-state index contributed by atoms with van der Waals surface area (Å²) in [6.45, 7) is 10.2. The van der Waals surface area contributed by atoms with Crippen LogP contribution in [0, 0.1) is 6.92 Å². The Kier molecular flexibility index (Phi) is 6.74. The molecule has 1 aliphatic heterocycles. The molecule has 0 bridgehead atoms. The number of aliphatic hydroxyl groups is 1. The number of nitrogens with zero attached hydrogens (tertiary/aromatic N) is 1. The number of anilines is 1. The van der Waals surface area contributed by atoms with Crippen molar-refractivity contribution in [1.82, 2.24) is 0 Å². The Balaban J connectivity index is 1.97. The van der Waals surface area contributed by atoms with Crippen molar-refractivity contribution in [2.75, 3.05) is 11.5 Å². The van der Waals surface area contributed by atoms with Gasteiger partial charge in [-0.3, -0.25) is 14.5 Å². The minimum absolute atomic E-state index is 0.0143. The van der Waals surface area contributed by atoms with Gasteiger partial charge >= 0.3 is 0 Å². The van der Waals surface area contributed by atoms with E-state index < -0.39 is 17.7 Å². The van der Waals surface area contributed by atoms with E-state index in [-0.39, 0.29) is 33.9 Å². The number of benzene rings is 3. The fraction of sp³-hybridized carbons (Fsp3) is 0.267. The van der Waals surface area contributed by atoms with Gasteiger partial charge in [0, 0.05) is 11.1 Å². The predicted octanol–water partition coefficient (Wildman–Crippen LogP) is 5.73. The molecule has 3 aromatic rings. The third-order valence-corrected chi connectivity index (χ3v) is 6.40. The zero-order chi connectivity index (χ0) is 27.1.